The Labute approximate surface area is 148 Å². The molecule has 9 heteroatoms. The molecule has 2 aromatic rings. The van der Waals surface area contributed by atoms with Crippen molar-refractivity contribution in [1.82, 2.24) is 20.1 Å². The van der Waals surface area contributed by atoms with Gasteiger partial charge in [-0.25, -0.2) is 9.67 Å². The number of rotatable bonds is 5. The monoisotopic (exact) mass is 370 g/mol. The van der Waals surface area contributed by atoms with Gasteiger partial charge in [-0.3, -0.25) is 9.59 Å². The number of nitrogens with one attached hydrogen (secondary N) is 1. The van der Waals surface area contributed by atoms with Gasteiger partial charge in [-0.1, -0.05) is 43.1 Å². The van der Waals surface area contributed by atoms with Crippen LogP contribution in [0.25, 0.3) is 5.69 Å². The van der Waals surface area contributed by atoms with Crippen molar-refractivity contribution in [2.45, 2.75) is 32.7 Å². The molecule has 1 aromatic carbocycles. The van der Waals surface area contributed by atoms with Gasteiger partial charge in [-0.2, -0.15) is 0 Å². The van der Waals surface area contributed by atoms with E-state index in [0.717, 1.165) is 0 Å². The highest BCUT2D eigenvalue weighted by Gasteiger charge is 2.24. The zero-order valence-electron chi connectivity index (χ0n) is 13.2. The van der Waals surface area contributed by atoms with Gasteiger partial charge in [-0.05, 0) is 19.1 Å². The summed E-state index contributed by atoms with van der Waals surface area (Å²) < 4.78 is 1.41. The number of carboxylic acid groups (broad SMARTS) is 1. The topological polar surface area (TPSA) is 97.1 Å². The van der Waals surface area contributed by atoms with Crippen LogP contribution < -0.4 is 5.32 Å². The first-order chi connectivity index (χ1) is 11.2. The maximum Gasteiger partial charge on any atom is 0.325 e. The molecular weight excluding hydrogens is 355 g/mol. The molecule has 1 atom stereocenters. The predicted octanol–water partition coefficient (Wildman–Crippen LogP) is 2.90. The molecule has 0 saturated heterocycles. The van der Waals surface area contributed by atoms with Crippen LogP contribution in [0.15, 0.2) is 18.2 Å². The van der Waals surface area contributed by atoms with Crippen molar-refractivity contribution in [2.75, 3.05) is 0 Å². The number of halogens is 2. The lowest BCUT2D eigenvalue weighted by molar-refractivity contribution is -0.138. The lowest BCUT2D eigenvalue weighted by Gasteiger charge is -2.11. The standard InChI is InChI=1S/C15H16Cl2N4O3/c1-7(2)13-19-12(14(22)18-8(3)15(23)24)20-21(13)11-9(16)5-4-6-10(11)17/h4-8H,1-3H3,(H,18,22)(H,23,24)/t8-/m1/s1. The van der Waals surface area contributed by atoms with Gasteiger partial charge in [0, 0.05) is 5.92 Å². The summed E-state index contributed by atoms with van der Waals surface area (Å²) in [5, 5.41) is 16.1. The number of aliphatic carboxylic acids is 1. The Balaban J connectivity index is 2.49. The van der Waals surface area contributed by atoms with E-state index in [1.807, 2.05) is 13.8 Å². The highest BCUT2D eigenvalue weighted by atomic mass is 35.5. The second-order valence-corrected chi connectivity index (χ2v) is 6.28. The van der Waals surface area contributed by atoms with Crippen LogP contribution in [-0.2, 0) is 4.79 Å². The van der Waals surface area contributed by atoms with E-state index < -0.39 is 17.9 Å². The van der Waals surface area contributed by atoms with Gasteiger partial charge >= 0.3 is 5.97 Å². The van der Waals surface area contributed by atoms with E-state index in [0.29, 0.717) is 21.6 Å². The molecule has 0 bridgehead atoms. The van der Waals surface area contributed by atoms with E-state index in [1.165, 1.54) is 11.6 Å². The molecule has 0 unspecified atom stereocenters. The van der Waals surface area contributed by atoms with Crippen LogP contribution in [-0.4, -0.2) is 37.8 Å². The normalized spacial score (nSPS) is 12.2. The molecule has 0 radical (unpaired) electrons. The molecule has 1 heterocycles. The summed E-state index contributed by atoms with van der Waals surface area (Å²) >= 11 is 12.4. The first-order valence-electron chi connectivity index (χ1n) is 7.17. The molecule has 1 amide bonds. The van der Waals surface area contributed by atoms with E-state index in [2.05, 4.69) is 15.4 Å². The van der Waals surface area contributed by atoms with Gasteiger partial charge in [-0.15, -0.1) is 5.10 Å². The summed E-state index contributed by atoms with van der Waals surface area (Å²) in [5.41, 5.74) is 0.419. The fourth-order valence-electron chi connectivity index (χ4n) is 1.97. The van der Waals surface area contributed by atoms with Crippen molar-refractivity contribution < 1.29 is 14.7 Å². The third-order valence-corrected chi connectivity index (χ3v) is 3.83. The van der Waals surface area contributed by atoms with Crippen LogP contribution in [0.4, 0.5) is 0 Å². The number of benzene rings is 1. The Bertz CT molecular complexity index is 769. The molecule has 0 aliphatic heterocycles. The Morgan fingerprint density at radius 1 is 1.21 bits per heavy atom. The van der Waals surface area contributed by atoms with Gasteiger partial charge in [0.25, 0.3) is 5.91 Å². The number of hydrogen-bond donors (Lipinski definition) is 2. The lowest BCUT2D eigenvalue weighted by Crippen LogP contribution is -2.38. The van der Waals surface area contributed by atoms with Crippen molar-refractivity contribution in [3.63, 3.8) is 0 Å². The van der Waals surface area contributed by atoms with Crippen LogP contribution in [0.2, 0.25) is 10.0 Å². The highest BCUT2D eigenvalue weighted by molar-refractivity contribution is 6.37. The largest absolute Gasteiger partial charge is 0.480 e. The average molecular weight is 371 g/mol. The van der Waals surface area contributed by atoms with Crippen molar-refractivity contribution in [3.8, 4) is 5.69 Å². The quantitative estimate of drug-likeness (QED) is 0.842. The average Bonchev–Trinajstić information content (AvgIpc) is 2.92. The third kappa shape index (κ3) is 3.68. The van der Waals surface area contributed by atoms with Crippen molar-refractivity contribution in [2.24, 2.45) is 0 Å². The van der Waals surface area contributed by atoms with Gasteiger partial charge in [0.1, 0.15) is 17.6 Å². The number of carbonyl (C=O) groups excluding carboxylic acids is 1. The molecule has 2 N–H and O–H groups in total. The van der Waals surface area contributed by atoms with Gasteiger partial charge < -0.3 is 10.4 Å². The van der Waals surface area contributed by atoms with Gasteiger partial charge in [0.15, 0.2) is 0 Å². The smallest absolute Gasteiger partial charge is 0.325 e. The van der Waals surface area contributed by atoms with Crippen LogP contribution in [0.3, 0.4) is 0 Å². The summed E-state index contributed by atoms with van der Waals surface area (Å²) in [7, 11) is 0. The summed E-state index contributed by atoms with van der Waals surface area (Å²) in [6, 6.07) is 3.94. The second kappa shape index (κ2) is 7.19. The summed E-state index contributed by atoms with van der Waals surface area (Å²) in [5.74, 6) is -1.57. The molecule has 7 nitrogen and oxygen atoms in total. The Kier molecular flexibility index (Phi) is 5.46. The third-order valence-electron chi connectivity index (χ3n) is 3.22. The van der Waals surface area contributed by atoms with E-state index in [4.69, 9.17) is 28.3 Å². The minimum atomic E-state index is -1.15. The molecule has 1 aromatic heterocycles. The van der Waals surface area contributed by atoms with Crippen molar-refractivity contribution >= 4 is 35.1 Å². The molecule has 0 saturated carbocycles. The van der Waals surface area contributed by atoms with Gasteiger partial charge in [0.05, 0.1) is 10.0 Å². The Morgan fingerprint density at radius 2 is 1.79 bits per heavy atom. The molecule has 24 heavy (non-hydrogen) atoms. The maximum absolute atomic E-state index is 12.2. The highest BCUT2D eigenvalue weighted by Crippen LogP contribution is 2.30. The molecule has 0 aliphatic carbocycles. The van der Waals surface area contributed by atoms with E-state index in [9.17, 15) is 9.59 Å². The minimum Gasteiger partial charge on any atom is -0.480 e. The number of carboxylic acids is 1. The zero-order chi connectivity index (χ0) is 18.0. The number of amides is 1. The van der Waals surface area contributed by atoms with E-state index in [-0.39, 0.29) is 11.7 Å². The molecule has 0 fully saturated rings. The first kappa shape index (κ1) is 18.2. The minimum absolute atomic E-state index is 0.0664. The zero-order valence-corrected chi connectivity index (χ0v) is 14.8. The van der Waals surface area contributed by atoms with Crippen LogP contribution >= 0.6 is 23.2 Å². The Morgan fingerprint density at radius 3 is 2.29 bits per heavy atom. The number of nitrogens with zero attached hydrogens (tertiary/aromatic N) is 3. The summed E-state index contributed by atoms with van der Waals surface area (Å²) in [6.45, 7) is 5.12. The van der Waals surface area contributed by atoms with E-state index in [1.54, 1.807) is 18.2 Å². The number of hydrogen-bond acceptors (Lipinski definition) is 4. The SMILES string of the molecule is CC(C)c1nc(C(=O)N[C@H](C)C(=O)O)nn1-c1c(Cl)cccc1Cl. The van der Waals surface area contributed by atoms with Gasteiger partial charge in [0.2, 0.25) is 5.82 Å². The second-order valence-electron chi connectivity index (χ2n) is 5.46. The molecule has 128 valence electrons. The summed E-state index contributed by atoms with van der Waals surface area (Å²) in [4.78, 5) is 27.2. The molecule has 2 rings (SSSR count). The lowest BCUT2D eigenvalue weighted by atomic mass is 10.2. The first-order valence-corrected chi connectivity index (χ1v) is 7.93. The number of para-hydroxylation sites is 1. The number of carbonyl (C=O) groups is 2. The molecular formula is C15H16Cl2N4O3. The van der Waals surface area contributed by atoms with Crippen LogP contribution in [0.1, 0.15) is 43.1 Å². The van der Waals surface area contributed by atoms with E-state index >= 15 is 0 Å². The van der Waals surface area contributed by atoms with Crippen LogP contribution in [0, 0.1) is 0 Å². The maximum atomic E-state index is 12.2. The van der Waals surface area contributed by atoms with Crippen molar-refractivity contribution in [1.29, 1.82) is 0 Å². The fourth-order valence-corrected chi connectivity index (χ4v) is 2.53. The molecule has 0 aliphatic rings. The molecule has 0 spiro atoms. The van der Waals surface area contributed by atoms with Crippen molar-refractivity contribution in [3.05, 3.63) is 39.9 Å². The summed E-state index contributed by atoms with van der Waals surface area (Å²) in [6.07, 6.45) is 0. The predicted molar refractivity (Wildman–Crippen MR) is 90.0 cm³/mol. The fraction of sp³-hybridized carbons (Fsp3) is 0.333. The Hall–Kier alpha value is -2.12. The number of aromatic nitrogens is 3. The van der Waals surface area contributed by atoms with Crippen LogP contribution in [0.5, 0.6) is 0 Å².